The van der Waals surface area contributed by atoms with Gasteiger partial charge >= 0.3 is 0 Å². The van der Waals surface area contributed by atoms with E-state index in [0.29, 0.717) is 33.6 Å². The number of furan rings is 1. The van der Waals surface area contributed by atoms with Crippen LogP contribution < -0.4 is 5.73 Å². The van der Waals surface area contributed by atoms with Crippen molar-refractivity contribution in [1.82, 2.24) is 19.9 Å². The molecule has 0 atom stereocenters. The second-order valence-corrected chi connectivity index (χ2v) is 4.32. The van der Waals surface area contributed by atoms with Crippen LogP contribution in [0.2, 0.25) is 0 Å². The smallest absolute Gasteiger partial charge is 0.222 e. The number of anilines is 1. The molecule has 98 valence electrons. The second kappa shape index (κ2) is 3.77. The number of hydrogen-bond donors (Lipinski definition) is 2. The minimum Gasteiger partial charge on any atom is -0.454 e. The van der Waals surface area contributed by atoms with Crippen molar-refractivity contribution >= 4 is 28.1 Å². The van der Waals surface area contributed by atoms with E-state index in [1.165, 1.54) is 18.5 Å². The number of imidazole rings is 1. The van der Waals surface area contributed by atoms with Crippen LogP contribution in [0.25, 0.3) is 33.6 Å². The Morgan fingerprint density at radius 1 is 1.20 bits per heavy atom. The number of nitrogens with one attached hydrogen (secondary N) is 1. The fourth-order valence-corrected chi connectivity index (χ4v) is 2.16. The van der Waals surface area contributed by atoms with Gasteiger partial charge in [-0.05, 0) is 24.3 Å². The summed E-state index contributed by atoms with van der Waals surface area (Å²) >= 11 is 0. The van der Waals surface area contributed by atoms with E-state index in [1.807, 2.05) is 0 Å². The van der Waals surface area contributed by atoms with Crippen LogP contribution in [0.1, 0.15) is 0 Å². The molecule has 6 nitrogen and oxygen atoms in total. The Bertz CT molecular complexity index is 942. The van der Waals surface area contributed by atoms with Gasteiger partial charge in [-0.3, -0.25) is 0 Å². The summed E-state index contributed by atoms with van der Waals surface area (Å²) in [6.07, 6.45) is 1.50. The summed E-state index contributed by atoms with van der Waals surface area (Å²) in [5.41, 5.74) is 7.82. The predicted molar refractivity (Wildman–Crippen MR) is 71.3 cm³/mol. The third-order valence-corrected chi connectivity index (χ3v) is 3.01. The van der Waals surface area contributed by atoms with E-state index in [4.69, 9.17) is 10.2 Å². The summed E-state index contributed by atoms with van der Waals surface area (Å²) in [7, 11) is 0. The molecular formula is C13H8FN5O. The average Bonchev–Trinajstić information content (AvgIpc) is 3.02. The number of fused-ring (bicyclic) bond motifs is 2. The number of benzene rings is 1. The first-order valence-electron chi connectivity index (χ1n) is 5.87. The molecule has 3 aromatic heterocycles. The average molecular weight is 269 g/mol. The van der Waals surface area contributed by atoms with Crippen molar-refractivity contribution < 1.29 is 8.81 Å². The normalized spacial score (nSPS) is 11.4. The molecule has 3 heterocycles. The van der Waals surface area contributed by atoms with Crippen LogP contribution in [0.3, 0.4) is 0 Å². The van der Waals surface area contributed by atoms with Gasteiger partial charge in [0.15, 0.2) is 11.4 Å². The zero-order chi connectivity index (χ0) is 13.7. The third kappa shape index (κ3) is 1.53. The monoisotopic (exact) mass is 269 g/mol. The second-order valence-electron chi connectivity index (χ2n) is 4.32. The summed E-state index contributed by atoms with van der Waals surface area (Å²) in [6.45, 7) is 0. The van der Waals surface area contributed by atoms with Crippen LogP contribution in [0.4, 0.5) is 10.3 Å². The Labute approximate surface area is 111 Å². The summed E-state index contributed by atoms with van der Waals surface area (Å²) in [4.78, 5) is 15.2. The molecule has 7 heteroatoms. The van der Waals surface area contributed by atoms with Gasteiger partial charge in [0.05, 0.1) is 6.33 Å². The minimum atomic E-state index is -0.321. The van der Waals surface area contributed by atoms with Gasteiger partial charge < -0.3 is 15.1 Å². The van der Waals surface area contributed by atoms with E-state index in [2.05, 4.69) is 19.9 Å². The van der Waals surface area contributed by atoms with E-state index in [1.54, 1.807) is 12.1 Å². The summed E-state index contributed by atoms with van der Waals surface area (Å²) in [5, 5.41) is 0.657. The number of rotatable bonds is 1. The van der Waals surface area contributed by atoms with Crippen LogP contribution in [0.5, 0.6) is 0 Å². The van der Waals surface area contributed by atoms with E-state index in [-0.39, 0.29) is 11.8 Å². The Morgan fingerprint density at radius 3 is 3.00 bits per heavy atom. The highest BCUT2D eigenvalue weighted by atomic mass is 19.1. The lowest BCUT2D eigenvalue weighted by molar-refractivity contribution is 0.618. The Kier molecular flexibility index (Phi) is 2.06. The molecule has 4 rings (SSSR count). The number of nitrogens with two attached hydrogens (primary N) is 1. The van der Waals surface area contributed by atoms with Crippen LogP contribution >= 0.6 is 0 Å². The largest absolute Gasteiger partial charge is 0.454 e. The van der Waals surface area contributed by atoms with Gasteiger partial charge in [-0.15, -0.1) is 0 Å². The van der Waals surface area contributed by atoms with E-state index >= 15 is 0 Å². The number of halogens is 1. The summed E-state index contributed by atoms with van der Waals surface area (Å²) in [6, 6.07) is 6.02. The topological polar surface area (TPSA) is 93.6 Å². The molecule has 0 aliphatic heterocycles. The van der Waals surface area contributed by atoms with Crippen molar-refractivity contribution in [2.75, 3.05) is 5.73 Å². The molecule has 0 saturated heterocycles. The van der Waals surface area contributed by atoms with Crippen LogP contribution in [0, 0.1) is 5.82 Å². The maximum Gasteiger partial charge on any atom is 0.222 e. The molecule has 0 aliphatic carbocycles. The SMILES string of the molecule is Nc1nc(-c2cc3cc(F)ccc3o2)c2[nH]cnc2n1. The van der Waals surface area contributed by atoms with E-state index < -0.39 is 0 Å². The van der Waals surface area contributed by atoms with Gasteiger partial charge in [0.1, 0.15) is 22.6 Å². The molecule has 1 aromatic carbocycles. The molecule has 0 radical (unpaired) electrons. The Balaban J connectivity index is 2.02. The molecule has 0 amide bonds. The van der Waals surface area contributed by atoms with Gasteiger partial charge in [0, 0.05) is 5.39 Å². The van der Waals surface area contributed by atoms with Gasteiger partial charge in [-0.1, -0.05) is 0 Å². The molecule has 20 heavy (non-hydrogen) atoms. The lowest BCUT2D eigenvalue weighted by Crippen LogP contribution is -1.97. The molecule has 0 bridgehead atoms. The molecule has 3 N–H and O–H groups in total. The Morgan fingerprint density at radius 2 is 2.10 bits per heavy atom. The quantitative estimate of drug-likeness (QED) is 0.553. The predicted octanol–water partition coefficient (Wildman–Crippen LogP) is 2.49. The number of aromatic amines is 1. The van der Waals surface area contributed by atoms with Crippen molar-refractivity contribution in [2.24, 2.45) is 0 Å². The molecule has 0 saturated carbocycles. The molecule has 0 fully saturated rings. The van der Waals surface area contributed by atoms with Gasteiger partial charge in [-0.2, -0.15) is 4.98 Å². The van der Waals surface area contributed by atoms with Crippen molar-refractivity contribution in [1.29, 1.82) is 0 Å². The van der Waals surface area contributed by atoms with Crippen molar-refractivity contribution in [3.8, 4) is 11.5 Å². The zero-order valence-corrected chi connectivity index (χ0v) is 10.1. The van der Waals surface area contributed by atoms with Gasteiger partial charge in [-0.25, -0.2) is 14.4 Å². The Hall–Kier alpha value is -2.96. The maximum atomic E-state index is 13.2. The first-order chi connectivity index (χ1) is 9.70. The van der Waals surface area contributed by atoms with Crippen LogP contribution in [0.15, 0.2) is 35.0 Å². The molecular weight excluding hydrogens is 261 g/mol. The van der Waals surface area contributed by atoms with Crippen LogP contribution in [-0.4, -0.2) is 19.9 Å². The number of H-pyrrole nitrogens is 1. The highest BCUT2D eigenvalue weighted by Gasteiger charge is 2.15. The highest BCUT2D eigenvalue weighted by molar-refractivity contribution is 5.90. The minimum absolute atomic E-state index is 0.103. The molecule has 0 spiro atoms. The van der Waals surface area contributed by atoms with Crippen molar-refractivity contribution in [2.45, 2.75) is 0 Å². The molecule has 0 unspecified atom stereocenters. The first kappa shape index (κ1) is 10.9. The summed E-state index contributed by atoms with van der Waals surface area (Å²) < 4.78 is 18.9. The standard InChI is InChI=1S/C13H8FN5O/c14-7-1-2-8-6(3-7)4-9(20-8)10-11-12(17-5-16-11)19-13(15)18-10/h1-5H,(H3,15,16,17,18,19). The maximum absolute atomic E-state index is 13.2. The van der Waals surface area contributed by atoms with Crippen molar-refractivity contribution in [3.63, 3.8) is 0 Å². The fourth-order valence-electron chi connectivity index (χ4n) is 2.16. The number of nitrogens with zero attached hydrogens (tertiary/aromatic N) is 3. The third-order valence-electron chi connectivity index (χ3n) is 3.01. The summed E-state index contributed by atoms with van der Waals surface area (Å²) in [5.74, 6) is 0.263. The first-order valence-corrected chi connectivity index (χ1v) is 5.87. The number of nitrogen functional groups attached to an aromatic ring is 1. The highest BCUT2D eigenvalue weighted by Crippen LogP contribution is 2.30. The van der Waals surface area contributed by atoms with Gasteiger partial charge in [0.25, 0.3) is 0 Å². The van der Waals surface area contributed by atoms with Crippen molar-refractivity contribution in [3.05, 3.63) is 36.4 Å². The van der Waals surface area contributed by atoms with Gasteiger partial charge in [0.2, 0.25) is 5.95 Å². The number of hydrogen-bond acceptors (Lipinski definition) is 5. The lowest BCUT2D eigenvalue weighted by Gasteiger charge is -1.98. The van der Waals surface area contributed by atoms with Crippen LogP contribution in [-0.2, 0) is 0 Å². The van der Waals surface area contributed by atoms with E-state index in [0.717, 1.165) is 0 Å². The van der Waals surface area contributed by atoms with E-state index in [9.17, 15) is 4.39 Å². The molecule has 0 aliphatic rings. The zero-order valence-electron chi connectivity index (χ0n) is 10.1. The fraction of sp³-hybridized carbons (Fsp3) is 0. The number of aromatic nitrogens is 4. The molecule has 4 aromatic rings. The lowest BCUT2D eigenvalue weighted by atomic mass is 10.2.